The van der Waals surface area contributed by atoms with Gasteiger partial charge in [-0.05, 0) is 37.9 Å². The topological polar surface area (TPSA) is 45.2 Å². The standard InChI is InChI=1S/C18H22FN5/c19-15-10-21-17(22-11-15)24-9-6-18(14-24)5-3-8-23(13-18)12-16-4-1-2-7-20-16/h1-2,4,7,10-11H,3,5-6,8-9,12-14H2. The molecule has 1 unspecified atom stereocenters. The summed E-state index contributed by atoms with van der Waals surface area (Å²) in [6, 6.07) is 6.10. The fourth-order valence-corrected chi connectivity index (χ4v) is 4.07. The summed E-state index contributed by atoms with van der Waals surface area (Å²) in [5.41, 5.74) is 1.43. The molecule has 1 atom stereocenters. The van der Waals surface area contributed by atoms with Crippen LogP contribution in [0.3, 0.4) is 0 Å². The van der Waals surface area contributed by atoms with Gasteiger partial charge in [-0.15, -0.1) is 0 Å². The van der Waals surface area contributed by atoms with Gasteiger partial charge in [-0.2, -0.15) is 0 Å². The molecule has 0 amide bonds. The Morgan fingerprint density at radius 3 is 2.71 bits per heavy atom. The molecule has 2 saturated heterocycles. The van der Waals surface area contributed by atoms with E-state index >= 15 is 0 Å². The Hall–Kier alpha value is -2.08. The van der Waals surface area contributed by atoms with Crippen LogP contribution in [-0.2, 0) is 6.54 Å². The van der Waals surface area contributed by atoms with E-state index in [0.29, 0.717) is 11.4 Å². The van der Waals surface area contributed by atoms with Crippen LogP contribution in [0.5, 0.6) is 0 Å². The Morgan fingerprint density at radius 2 is 1.92 bits per heavy atom. The number of rotatable bonds is 3. The number of nitrogens with zero attached hydrogens (tertiary/aromatic N) is 5. The van der Waals surface area contributed by atoms with Crippen LogP contribution in [0.15, 0.2) is 36.8 Å². The minimum absolute atomic E-state index is 0.296. The van der Waals surface area contributed by atoms with Crippen molar-refractivity contribution >= 4 is 5.95 Å². The van der Waals surface area contributed by atoms with Crippen LogP contribution in [0.25, 0.3) is 0 Å². The zero-order valence-corrected chi connectivity index (χ0v) is 13.7. The SMILES string of the molecule is Fc1cnc(N2CCC3(CCCN(Cc4ccccn4)C3)C2)nc1. The highest BCUT2D eigenvalue weighted by atomic mass is 19.1. The predicted molar refractivity (Wildman–Crippen MR) is 90.0 cm³/mol. The lowest BCUT2D eigenvalue weighted by Crippen LogP contribution is -2.44. The number of hydrogen-bond acceptors (Lipinski definition) is 5. The third-order valence-electron chi connectivity index (χ3n) is 5.18. The summed E-state index contributed by atoms with van der Waals surface area (Å²) >= 11 is 0. The Kier molecular flexibility index (Phi) is 4.14. The van der Waals surface area contributed by atoms with Crippen molar-refractivity contribution < 1.29 is 4.39 Å². The molecular formula is C18H22FN5. The zero-order valence-electron chi connectivity index (χ0n) is 13.7. The van der Waals surface area contributed by atoms with Crippen molar-refractivity contribution in [1.29, 1.82) is 0 Å². The average molecular weight is 327 g/mol. The summed E-state index contributed by atoms with van der Waals surface area (Å²) in [4.78, 5) is 17.4. The molecule has 2 aliphatic heterocycles. The van der Waals surface area contributed by atoms with E-state index in [2.05, 4.69) is 30.8 Å². The van der Waals surface area contributed by atoms with Gasteiger partial charge in [0.25, 0.3) is 0 Å². The maximum Gasteiger partial charge on any atom is 0.225 e. The monoisotopic (exact) mass is 327 g/mol. The molecule has 2 aliphatic rings. The summed E-state index contributed by atoms with van der Waals surface area (Å²) in [6.45, 7) is 5.03. The summed E-state index contributed by atoms with van der Waals surface area (Å²) < 4.78 is 13.0. The van der Waals surface area contributed by atoms with Crippen molar-refractivity contribution in [2.45, 2.75) is 25.8 Å². The lowest BCUT2D eigenvalue weighted by atomic mass is 9.79. The van der Waals surface area contributed by atoms with Crippen molar-refractivity contribution in [2.24, 2.45) is 5.41 Å². The molecule has 2 fully saturated rings. The fraction of sp³-hybridized carbons (Fsp3) is 0.500. The number of hydrogen-bond donors (Lipinski definition) is 0. The van der Waals surface area contributed by atoms with Crippen molar-refractivity contribution in [1.82, 2.24) is 19.9 Å². The van der Waals surface area contributed by atoms with E-state index in [0.717, 1.165) is 44.8 Å². The second-order valence-electron chi connectivity index (χ2n) is 7.01. The molecule has 6 heteroatoms. The summed E-state index contributed by atoms with van der Waals surface area (Å²) in [5, 5.41) is 0. The maximum absolute atomic E-state index is 13.0. The van der Waals surface area contributed by atoms with Crippen LogP contribution in [-0.4, -0.2) is 46.0 Å². The molecule has 4 heterocycles. The van der Waals surface area contributed by atoms with E-state index in [1.54, 1.807) is 0 Å². The Morgan fingerprint density at radius 1 is 1.04 bits per heavy atom. The summed E-state index contributed by atoms with van der Waals surface area (Å²) in [5.74, 6) is 0.266. The van der Waals surface area contributed by atoms with Crippen molar-refractivity contribution in [3.63, 3.8) is 0 Å². The first-order valence-electron chi connectivity index (χ1n) is 8.57. The first-order valence-corrected chi connectivity index (χ1v) is 8.57. The van der Waals surface area contributed by atoms with Crippen LogP contribution in [0, 0.1) is 11.2 Å². The molecule has 0 radical (unpaired) electrons. The Bertz CT molecular complexity index is 678. The van der Waals surface area contributed by atoms with Gasteiger partial charge >= 0.3 is 0 Å². The van der Waals surface area contributed by atoms with Crippen molar-refractivity contribution in [2.75, 3.05) is 31.1 Å². The summed E-state index contributed by atoms with van der Waals surface area (Å²) in [7, 11) is 0. The first kappa shape index (κ1) is 15.4. The summed E-state index contributed by atoms with van der Waals surface area (Å²) in [6.07, 6.45) is 7.96. The third kappa shape index (κ3) is 3.24. The van der Waals surface area contributed by atoms with Gasteiger partial charge in [0.1, 0.15) is 0 Å². The molecule has 1 spiro atoms. The second-order valence-corrected chi connectivity index (χ2v) is 7.01. The van der Waals surface area contributed by atoms with Gasteiger partial charge < -0.3 is 4.90 Å². The van der Waals surface area contributed by atoms with E-state index in [4.69, 9.17) is 0 Å². The predicted octanol–water partition coefficient (Wildman–Crippen LogP) is 2.50. The maximum atomic E-state index is 13.0. The lowest BCUT2D eigenvalue weighted by molar-refractivity contribution is 0.0981. The van der Waals surface area contributed by atoms with E-state index in [9.17, 15) is 4.39 Å². The molecule has 2 aromatic heterocycles. The highest BCUT2D eigenvalue weighted by Gasteiger charge is 2.42. The molecule has 24 heavy (non-hydrogen) atoms. The minimum atomic E-state index is -0.383. The van der Waals surface area contributed by atoms with Gasteiger partial charge in [0, 0.05) is 37.8 Å². The number of aromatic nitrogens is 3. The molecule has 0 N–H and O–H groups in total. The Labute approximate surface area is 141 Å². The van der Waals surface area contributed by atoms with Crippen molar-refractivity contribution in [3.05, 3.63) is 48.3 Å². The van der Waals surface area contributed by atoms with E-state index in [-0.39, 0.29) is 5.82 Å². The third-order valence-corrected chi connectivity index (χ3v) is 5.18. The van der Waals surface area contributed by atoms with Crippen LogP contribution in [0.1, 0.15) is 25.0 Å². The highest BCUT2D eigenvalue weighted by Crippen LogP contribution is 2.40. The molecule has 4 rings (SSSR count). The molecule has 2 aromatic rings. The number of halogens is 1. The lowest BCUT2D eigenvalue weighted by Gasteiger charge is -2.40. The second kappa shape index (κ2) is 6.43. The van der Waals surface area contributed by atoms with E-state index in [1.165, 1.54) is 25.2 Å². The van der Waals surface area contributed by atoms with Gasteiger partial charge in [0.15, 0.2) is 5.82 Å². The molecule has 126 valence electrons. The Balaban J connectivity index is 1.43. The number of likely N-dealkylation sites (tertiary alicyclic amines) is 1. The smallest absolute Gasteiger partial charge is 0.225 e. The largest absolute Gasteiger partial charge is 0.340 e. The van der Waals surface area contributed by atoms with Gasteiger partial charge in [0.05, 0.1) is 18.1 Å². The molecule has 0 saturated carbocycles. The van der Waals surface area contributed by atoms with Crippen LogP contribution < -0.4 is 4.90 Å². The molecule has 0 aliphatic carbocycles. The quantitative estimate of drug-likeness (QED) is 0.867. The molecule has 0 bridgehead atoms. The van der Waals surface area contributed by atoms with Gasteiger partial charge in [0.2, 0.25) is 5.95 Å². The first-order chi connectivity index (χ1) is 11.7. The van der Waals surface area contributed by atoms with Crippen LogP contribution in [0.2, 0.25) is 0 Å². The van der Waals surface area contributed by atoms with E-state index in [1.807, 2.05) is 18.3 Å². The highest BCUT2D eigenvalue weighted by molar-refractivity contribution is 5.32. The zero-order chi connectivity index (χ0) is 16.4. The number of anilines is 1. The number of piperidine rings is 1. The fourth-order valence-electron chi connectivity index (χ4n) is 4.07. The van der Waals surface area contributed by atoms with Crippen LogP contribution >= 0.6 is 0 Å². The van der Waals surface area contributed by atoms with Gasteiger partial charge in [-0.3, -0.25) is 9.88 Å². The van der Waals surface area contributed by atoms with Crippen molar-refractivity contribution in [3.8, 4) is 0 Å². The van der Waals surface area contributed by atoms with E-state index < -0.39 is 0 Å². The van der Waals surface area contributed by atoms with Gasteiger partial charge in [-0.25, -0.2) is 14.4 Å². The molecular weight excluding hydrogens is 305 g/mol. The average Bonchev–Trinajstić information content (AvgIpc) is 3.00. The normalized spacial score (nSPS) is 24.6. The molecule has 5 nitrogen and oxygen atoms in total. The van der Waals surface area contributed by atoms with Crippen LogP contribution in [0.4, 0.5) is 10.3 Å². The molecule has 0 aromatic carbocycles. The van der Waals surface area contributed by atoms with Gasteiger partial charge in [-0.1, -0.05) is 6.07 Å². The minimum Gasteiger partial charge on any atom is -0.340 e. The number of pyridine rings is 1.